The van der Waals surface area contributed by atoms with Crippen molar-refractivity contribution in [3.05, 3.63) is 28.8 Å². The van der Waals surface area contributed by atoms with E-state index in [-0.39, 0.29) is 0 Å². The molecule has 7 heteroatoms. The minimum absolute atomic E-state index is 0.312. The van der Waals surface area contributed by atoms with Crippen molar-refractivity contribution < 1.29 is 13.2 Å². The van der Waals surface area contributed by atoms with Gasteiger partial charge in [0.25, 0.3) is 0 Å². The lowest BCUT2D eigenvalue weighted by Gasteiger charge is -2.32. The molecular formula is C15H17ClF3N3. The van der Waals surface area contributed by atoms with Crippen LogP contribution in [0, 0.1) is 17.2 Å². The Morgan fingerprint density at radius 2 is 2.00 bits per heavy atom. The summed E-state index contributed by atoms with van der Waals surface area (Å²) in [4.78, 5) is 1.44. The molecule has 1 aliphatic rings. The Morgan fingerprint density at radius 1 is 1.32 bits per heavy atom. The van der Waals surface area contributed by atoms with E-state index in [2.05, 4.69) is 11.4 Å². The quantitative estimate of drug-likeness (QED) is 0.909. The second kappa shape index (κ2) is 7.21. The maximum absolute atomic E-state index is 12.3. The number of likely N-dealkylation sites (tertiary alicyclic amines) is 1. The van der Waals surface area contributed by atoms with Gasteiger partial charge in [-0.1, -0.05) is 11.6 Å². The molecule has 0 bridgehead atoms. The minimum Gasteiger partial charge on any atom is -0.384 e. The van der Waals surface area contributed by atoms with E-state index in [9.17, 15) is 13.2 Å². The van der Waals surface area contributed by atoms with Gasteiger partial charge in [-0.2, -0.15) is 18.4 Å². The largest absolute Gasteiger partial charge is 0.401 e. The van der Waals surface area contributed by atoms with Crippen LogP contribution in [0.1, 0.15) is 18.4 Å². The maximum Gasteiger partial charge on any atom is 0.401 e. The number of nitrogens with zero attached hydrogens (tertiary/aromatic N) is 2. The topological polar surface area (TPSA) is 39.1 Å². The second-order valence-corrected chi connectivity index (χ2v) is 5.95. The Hall–Kier alpha value is -1.45. The number of hydrogen-bond donors (Lipinski definition) is 1. The van der Waals surface area contributed by atoms with Gasteiger partial charge in [0.15, 0.2) is 0 Å². The van der Waals surface area contributed by atoms with Crippen molar-refractivity contribution in [3.63, 3.8) is 0 Å². The predicted octanol–water partition coefficient (Wildman–Crippen LogP) is 3.90. The lowest BCUT2D eigenvalue weighted by molar-refractivity contribution is -0.148. The first-order valence-corrected chi connectivity index (χ1v) is 7.48. The van der Waals surface area contributed by atoms with Gasteiger partial charge in [0.05, 0.1) is 17.8 Å². The van der Waals surface area contributed by atoms with E-state index < -0.39 is 12.7 Å². The highest BCUT2D eigenvalue weighted by atomic mass is 35.5. The van der Waals surface area contributed by atoms with Crippen molar-refractivity contribution in [3.8, 4) is 6.07 Å². The molecule has 2 rings (SSSR count). The molecule has 0 spiro atoms. The molecule has 120 valence electrons. The summed E-state index contributed by atoms with van der Waals surface area (Å²) in [5.74, 6) is 0.312. The van der Waals surface area contributed by atoms with E-state index in [0.29, 0.717) is 41.8 Å². The summed E-state index contributed by atoms with van der Waals surface area (Å²) in [5, 5.41) is 12.8. The van der Waals surface area contributed by atoms with Gasteiger partial charge in [0.1, 0.15) is 6.07 Å². The van der Waals surface area contributed by atoms with Crippen LogP contribution >= 0.6 is 11.6 Å². The van der Waals surface area contributed by atoms with Crippen molar-refractivity contribution in [2.24, 2.45) is 5.92 Å². The molecule has 1 N–H and O–H groups in total. The number of benzene rings is 1. The lowest BCUT2D eigenvalue weighted by atomic mass is 9.96. The number of hydrogen-bond acceptors (Lipinski definition) is 3. The Bertz CT molecular complexity index is 546. The van der Waals surface area contributed by atoms with E-state index >= 15 is 0 Å². The average Bonchev–Trinajstić information content (AvgIpc) is 2.45. The summed E-state index contributed by atoms with van der Waals surface area (Å²) in [5.41, 5.74) is 1.19. The summed E-state index contributed by atoms with van der Waals surface area (Å²) in [6.45, 7) is 0.730. The molecule has 1 aromatic carbocycles. The summed E-state index contributed by atoms with van der Waals surface area (Å²) in [7, 11) is 0. The number of piperidine rings is 1. The number of halogens is 4. The number of rotatable bonds is 4. The molecule has 1 fully saturated rings. The van der Waals surface area contributed by atoms with Gasteiger partial charge in [-0.3, -0.25) is 4.90 Å². The fourth-order valence-electron chi connectivity index (χ4n) is 2.62. The zero-order chi connectivity index (χ0) is 16.2. The highest BCUT2D eigenvalue weighted by Crippen LogP contribution is 2.24. The van der Waals surface area contributed by atoms with Gasteiger partial charge >= 0.3 is 6.18 Å². The molecule has 1 saturated heterocycles. The van der Waals surface area contributed by atoms with Crippen molar-refractivity contribution in [2.45, 2.75) is 19.0 Å². The van der Waals surface area contributed by atoms with E-state index in [4.69, 9.17) is 16.9 Å². The Balaban J connectivity index is 1.81. The van der Waals surface area contributed by atoms with Crippen molar-refractivity contribution >= 4 is 17.3 Å². The molecule has 1 aliphatic heterocycles. The fourth-order valence-corrected chi connectivity index (χ4v) is 2.79. The standard InChI is InChI=1S/C15H17ClF3N3/c16-13-1-2-14(12(7-13)8-20)21-9-11-3-5-22(6-4-11)10-15(17,18)19/h1-2,7,11,21H,3-6,9-10H2. The third kappa shape index (κ3) is 5.08. The summed E-state index contributed by atoms with van der Waals surface area (Å²) >= 11 is 5.84. The van der Waals surface area contributed by atoms with Gasteiger partial charge in [-0.25, -0.2) is 0 Å². The van der Waals surface area contributed by atoms with Gasteiger partial charge in [0, 0.05) is 11.6 Å². The van der Waals surface area contributed by atoms with Gasteiger partial charge in [-0.05, 0) is 50.0 Å². The van der Waals surface area contributed by atoms with Crippen LogP contribution in [0.5, 0.6) is 0 Å². The Morgan fingerprint density at radius 3 is 2.59 bits per heavy atom. The molecule has 1 heterocycles. The first kappa shape index (κ1) is 16.9. The minimum atomic E-state index is -4.13. The number of alkyl halides is 3. The average molecular weight is 332 g/mol. The number of anilines is 1. The Labute approximate surface area is 132 Å². The second-order valence-electron chi connectivity index (χ2n) is 5.52. The van der Waals surface area contributed by atoms with Crippen LogP contribution in [0.25, 0.3) is 0 Å². The van der Waals surface area contributed by atoms with Gasteiger partial charge in [-0.15, -0.1) is 0 Å². The molecule has 22 heavy (non-hydrogen) atoms. The highest BCUT2D eigenvalue weighted by Gasteiger charge is 2.32. The van der Waals surface area contributed by atoms with Crippen LogP contribution in [0.3, 0.4) is 0 Å². The van der Waals surface area contributed by atoms with Crippen LogP contribution in [0.2, 0.25) is 5.02 Å². The van der Waals surface area contributed by atoms with Crippen LogP contribution in [0.15, 0.2) is 18.2 Å². The molecule has 0 atom stereocenters. The van der Waals surface area contributed by atoms with E-state index in [1.165, 1.54) is 4.90 Å². The predicted molar refractivity (Wildman–Crippen MR) is 79.9 cm³/mol. The fraction of sp³-hybridized carbons (Fsp3) is 0.533. The van der Waals surface area contributed by atoms with Crippen molar-refractivity contribution in [2.75, 3.05) is 31.5 Å². The first-order valence-electron chi connectivity index (χ1n) is 7.10. The Kier molecular flexibility index (Phi) is 5.54. The van der Waals surface area contributed by atoms with Crippen molar-refractivity contribution in [1.29, 1.82) is 5.26 Å². The third-order valence-electron chi connectivity index (χ3n) is 3.79. The molecule has 1 aromatic rings. The van der Waals surface area contributed by atoms with E-state index in [1.54, 1.807) is 18.2 Å². The molecule has 0 radical (unpaired) electrons. The molecular weight excluding hydrogens is 315 g/mol. The normalized spacial score (nSPS) is 17.2. The van der Waals surface area contributed by atoms with Crippen LogP contribution in [-0.2, 0) is 0 Å². The molecule has 0 aromatic heterocycles. The van der Waals surface area contributed by atoms with Crippen LogP contribution in [0.4, 0.5) is 18.9 Å². The van der Waals surface area contributed by atoms with Crippen molar-refractivity contribution in [1.82, 2.24) is 4.90 Å². The molecule has 0 unspecified atom stereocenters. The van der Waals surface area contributed by atoms with E-state index in [1.807, 2.05) is 0 Å². The monoisotopic (exact) mass is 331 g/mol. The third-order valence-corrected chi connectivity index (χ3v) is 4.03. The first-order chi connectivity index (χ1) is 10.4. The van der Waals surface area contributed by atoms with Crippen LogP contribution in [-0.4, -0.2) is 37.3 Å². The molecule has 0 amide bonds. The van der Waals surface area contributed by atoms with Gasteiger partial charge < -0.3 is 5.32 Å². The summed E-state index contributed by atoms with van der Waals surface area (Å²) < 4.78 is 37.0. The molecule has 0 saturated carbocycles. The number of nitriles is 1. The highest BCUT2D eigenvalue weighted by molar-refractivity contribution is 6.30. The maximum atomic E-state index is 12.3. The molecule has 3 nitrogen and oxygen atoms in total. The summed E-state index contributed by atoms with van der Waals surface area (Å²) in [6, 6.07) is 7.12. The van der Waals surface area contributed by atoms with E-state index in [0.717, 1.165) is 12.8 Å². The summed E-state index contributed by atoms with van der Waals surface area (Å²) in [6.07, 6.45) is -2.69. The lowest BCUT2D eigenvalue weighted by Crippen LogP contribution is -2.41. The molecule has 0 aliphatic carbocycles. The van der Waals surface area contributed by atoms with Crippen LogP contribution < -0.4 is 5.32 Å². The van der Waals surface area contributed by atoms with Gasteiger partial charge in [0.2, 0.25) is 0 Å². The smallest absolute Gasteiger partial charge is 0.384 e. The zero-order valence-electron chi connectivity index (χ0n) is 12.0. The zero-order valence-corrected chi connectivity index (χ0v) is 12.7. The SMILES string of the molecule is N#Cc1cc(Cl)ccc1NCC1CCN(CC(F)(F)F)CC1. The number of nitrogens with one attached hydrogen (secondary N) is 1.